The molecule has 218 valence electrons. The molecule has 9 nitrogen and oxygen atoms in total. The van der Waals surface area contributed by atoms with Crippen LogP contribution in [0.1, 0.15) is 77.6 Å². The Hall–Kier alpha value is -4.66. The lowest BCUT2D eigenvalue weighted by molar-refractivity contribution is 0.0691. The average Bonchev–Trinajstić information content (AvgIpc) is 3.60. The van der Waals surface area contributed by atoms with Crippen LogP contribution >= 0.6 is 0 Å². The van der Waals surface area contributed by atoms with E-state index in [1.165, 1.54) is 28.3 Å². The van der Waals surface area contributed by atoms with E-state index in [9.17, 15) is 14.7 Å². The third-order valence-corrected chi connectivity index (χ3v) is 7.41. The Morgan fingerprint density at radius 1 is 0.833 bits per heavy atom. The van der Waals surface area contributed by atoms with Crippen molar-refractivity contribution in [2.24, 2.45) is 0 Å². The maximum Gasteiger partial charge on any atom is 0.407 e. The summed E-state index contributed by atoms with van der Waals surface area (Å²) in [6, 6.07) is 23.1. The molecule has 0 saturated carbocycles. The Morgan fingerprint density at radius 2 is 1.48 bits per heavy atom. The Balaban J connectivity index is 0.909. The number of hydrogen-bond acceptors (Lipinski definition) is 7. The molecule has 0 saturated heterocycles. The minimum atomic E-state index is -1.05. The molecule has 0 atom stereocenters. The molecule has 5 rings (SSSR count). The van der Waals surface area contributed by atoms with E-state index >= 15 is 0 Å². The first-order valence-electron chi connectivity index (χ1n) is 14.5. The predicted molar refractivity (Wildman–Crippen MR) is 157 cm³/mol. The van der Waals surface area contributed by atoms with Gasteiger partial charge in [0.2, 0.25) is 11.7 Å². The number of fused-ring (bicyclic) bond motifs is 3. The lowest BCUT2D eigenvalue weighted by Gasteiger charge is -2.14. The summed E-state index contributed by atoms with van der Waals surface area (Å²) in [7, 11) is 0. The number of unbranched alkanes of at least 4 members (excludes halogenated alkanes) is 5. The molecule has 1 amide bonds. The number of carbonyl (C=O) groups is 2. The molecule has 2 N–H and O–H groups in total. The highest BCUT2D eigenvalue weighted by atomic mass is 16.5. The zero-order valence-corrected chi connectivity index (χ0v) is 23.5. The number of ether oxygens (including phenoxy) is 2. The van der Waals surface area contributed by atoms with E-state index < -0.39 is 5.97 Å². The van der Waals surface area contributed by atoms with E-state index in [0.717, 1.165) is 38.5 Å². The van der Waals surface area contributed by atoms with Gasteiger partial charge in [-0.1, -0.05) is 91.5 Å². The van der Waals surface area contributed by atoms with Crippen molar-refractivity contribution in [2.45, 2.75) is 57.5 Å². The third kappa shape index (κ3) is 7.34. The minimum absolute atomic E-state index is 0.0396. The van der Waals surface area contributed by atoms with Gasteiger partial charge in [0.25, 0.3) is 0 Å². The van der Waals surface area contributed by atoms with Gasteiger partial charge in [-0.05, 0) is 47.2 Å². The zero-order chi connectivity index (χ0) is 29.1. The molecule has 3 aromatic carbocycles. The second kappa shape index (κ2) is 14.3. The highest BCUT2D eigenvalue weighted by Gasteiger charge is 2.28. The van der Waals surface area contributed by atoms with Gasteiger partial charge < -0.3 is 24.4 Å². The van der Waals surface area contributed by atoms with Crippen molar-refractivity contribution in [3.05, 3.63) is 101 Å². The first kappa shape index (κ1) is 28.9. The van der Waals surface area contributed by atoms with Gasteiger partial charge in [-0.25, -0.2) is 9.59 Å². The zero-order valence-electron chi connectivity index (χ0n) is 23.5. The van der Waals surface area contributed by atoms with E-state index in [1.807, 2.05) is 24.3 Å². The summed E-state index contributed by atoms with van der Waals surface area (Å²) in [6.07, 6.45) is 6.39. The van der Waals surface area contributed by atoms with Gasteiger partial charge in [0.1, 0.15) is 17.9 Å². The molecule has 0 bridgehead atoms. The fourth-order valence-corrected chi connectivity index (χ4v) is 5.31. The molecule has 42 heavy (non-hydrogen) atoms. The number of hydrogen-bond donors (Lipinski definition) is 2. The minimum Gasteiger partial charge on any atom is -0.485 e. The number of aromatic nitrogens is 2. The smallest absolute Gasteiger partial charge is 0.407 e. The normalized spacial score (nSPS) is 12.0. The average molecular weight is 570 g/mol. The van der Waals surface area contributed by atoms with Crippen LogP contribution in [-0.2, 0) is 17.8 Å². The molecular formula is C33H35N3O6. The van der Waals surface area contributed by atoms with Crippen LogP contribution in [0.3, 0.4) is 0 Å². The molecule has 0 fully saturated rings. The molecule has 4 aromatic rings. The maximum atomic E-state index is 12.3. The van der Waals surface area contributed by atoms with E-state index in [0.29, 0.717) is 31.3 Å². The Morgan fingerprint density at radius 3 is 2.21 bits per heavy atom. The quantitative estimate of drug-likeness (QED) is 0.150. The molecule has 9 heteroatoms. The molecular weight excluding hydrogens is 534 g/mol. The fourth-order valence-electron chi connectivity index (χ4n) is 5.31. The van der Waals surface area contributed by atoms with E-state index in [1.54, 1.807) is 18.2 Å². The predicted octanol–water partition coefficient (Wildman–Crippen LogP) is 6.77. The molecule has 0 aliphatic heterocycles. The van der Waals surface area contributed by atoms with Crippen LogP contribution in [0.15, 0.2) is 77.3 Å². The van der Waals surface area contributed by atoms with Crippen LogP contribution in [0.25, 0.3) is 11.1 Å². The number of amides is 1. The van der Waals surface area contributed by atoms with Gasteiger partial charge in [-0.15, -0.1) is 0 Å². The molecule has 1 aromatic heterocycles. The second-order valence-corrected chi connectivity index (χ2v) is 10.3. The number of alkyl carbamates (subject to hydrolysis) is 1. The topological polar surface area (TPSA) is 124 Å². The summed E-state index contributed by atoms with van der Waals surface area (Å²) in [5.41, 5.74) is 4.94. The molecule has 0 unspecified atom stereocenters. The van der Waals surface area contributed by atoms with Gasteiger partial charge in [-0.2, -0.15) is 4.98 Å². The molecule has 0 radical (unpaired) electrons. The largest absolute Gasteiger partial charge is 0.485 e. The SMILES string of the molecule is O=C(NCCCCCCCCc1nc(COc2ccccc2C(=O)O)no1)OCC1c2ccccc2-c2ccccc21. The fraction of sp³-hybridized carbons (Fsp3) is 0.333. The number of benzene rings is 3. The van der Waals surface area contributed by atoms with E-state index in [-0.39, 0.29) is 29.9 Å². The summed E-state index contributed by atoms with van der Waals surface area (Å²) in [6.45, 7) is 0.964. The molecule has 0 spiro atoms. The summed E-state index contributed by atoms with van der Waals surface area (Å²) >= 11 is 0. The summed E-state index contributed by atoms with van der Waals surface area (Å²) < 4.78 is 16.4. The maximum absolute atomic E-state index is 12.3. The first-order valence-corrected chi connectivity index (χ1v) is 14.5. The summed E-state index contributed by atoms with van der Waals surface area (Å²) in [5, 5.41) is 16.0. The summed E-state index contributed by atoms with van der Waals surface area (Å²) in [5.74, 6) is 0.217. The lowest BCUT2D eigenvalue weighted by atomic mass is 9.98. The van der Waals surface area contributed by atoms with Crippen molar-refractivity contribution in [1.82, 2.24) is 15.5 Å². The highest BCUT2D eigenvalue weighted by Crippen LogP contribution is 2.44. The van der Waals surface area contributed by atoms with Crippen molar-refractivity contribution in [3.63, 3.8) is 0 Å². The Labute approximate surface area is 244 Å². The highest BCUT2D eigenvalue weighted by molar-refractivity contribution is 5.90. The summed E-state index contributed by atoms with van der Waals surface area (Å²) in [4.78, 5) is 27.9. The number of aryl methyl sites for hydroxylation is 1. The number of nitrogens with one attached hydrogen (secondary N) is 1. The third-order valence-electron chi connectivity index (χ3n) is 7.41. The number of rotatable bonds is 15. The van der Waals surface area contributed by atoms with Crippen molar-refractivity contribution >= 4 is 12.1 Å². The van der Waals surface area contributed by atoms with Crippen molar-refractivity contribution in [3.8, 4) is 16.9 Å². The van der Waals surface area contributed by atoms with Crippen LogP contribution in [0.4, 0.5) is 4.79 Å². The molecule has 1 aliphatic carbocycles. The van der Waals surface area contributed by atoms with Crippen LogP contribution in [0, 0.1) is 0 Å². The number of aromatic carboxylic acids is 1. The van der Waals surface area contributed by atoms with Crippen LogP contribution in [0.5, 0.6) is 5.75 Å². The number of carboxylic acid groups (broad SMARTS) is 1. The van der Waals surface area contributed by atoms with Crippen LogP contribution < -0.4 is 10.1 Å². The van der Waals surface area contributed by atoms with Gasteiger partial charge in [-0.3, -0.25) is 0 Å². The standard InChI is InChI=1S/C33H35N3O6/c37-32(38)27-17-10-11-18-29(27)40-22-30-35-31(42-36-30)19-5-3-1-2-4-12-20-34-33(39)41-21-28-25-15-8-6-13-23(25)24-14-7-9-16-26(24)28/h6-11,13-18,28H,1-5,12,19-22H2,(H,34,39)(H,37,38). The van der Waals surface area contributed by atoms with Gasteiger partial charge >= 0.3 is 12.1 Å². The Kier molecular flexibility index (Phi) is 9.82. The number of carboxylic acids is 1. The van der Waals surface area contributed by atoms with Crippen LogP contribution in [0.2, 0.25) is 0 Å². The van der Waals surface area contributed by atoms with Crippen molar-refractivity contribution < 1.29 is 28.7 Å². The molecule has 1 aliphatic rings. The molecule has 1 heterocycles. The van der Waals surface area contributed by atoms with E-state index in [2.05, 4.69) is 39.7 Å². The number of carbonyl (C=O) groups excluding carboxylic acids is 1. The monoisotopic (exact) mass is 569 g/mol. The van der Waals surface area contributed by atoms with Crippen molar-refractivity contribution in [2.75, 3.05) is 13.2 Å². The lowest BCUT2D eigenvalue weighted by Crippen LogP contribution is -2.27. The second-order valence-electron chi connectivity index (χ2n) is 10.3. The first-order chi connectivity index (χ1) is 20.6. The van der Waals surface area contributed by atoms with Crippen molar-refractivity contribution in [1.29, 1.82) is 0 Å². The van der Waals surface area contributed by atoms with E-state index in [4.69, 9.17) is 14.0 Å². The van der Waals surface area contributed by atoms with Crippen LogP contribution in [-0.4, -0.2) is 40.5 Å². The Bertz CT molecular complexity index is 1450. The van der Waals surface area contributed by atoms with Gasteiger partial charge in [0.15, 0.2) is 6.61 Å². The number of para-hydroxylation sites is 1. The number of nitrogens with zero attached hydrogens (tertiary/aromatic N) is 2. The van der Waals surface area contributed by atoms with Gasteiger partial charge in [0, 0.05) is 18.9 Å². The van der Waals surface area contributed by atoms with Gasteiger partial charge in [0.05, 0.1) is 0 Å².